The van der Waals surface area contributed by atoms with Crippen LogP contribution in [0.25, 0.3) is 0 Å². The molecule has 86 valence electrons. The van der Waals surface area contributed by atoms with Gasteiger partial charge in [0.1, 0.15) is 6.04 Å². The van der Waals surface area contributed by atoms with Crippen LogP contribution in [0.5, 0.6) is 0 Å². The number of carbonyl (C=O) groups excluding carboxylic acids is 1. The first-order valence-corrected chi connectivity index (χ1v) is 6.85. The summed E-state index contributed by atoms with van der Waals surface area (Å²) in [5.41, 5.74) is 0. The molecule has 0 aromatic rings. The molecule has 0 amide bonds. The molecular weight excluding hydrogens is 210 g/mol. The lowest BCUT2D eigenvalue weighted by Gasteiger charge is -2.18. The molecule has 1 aliphatic carbocycles. The van der Waals surface area contributed by atoms with Crippen molar-refractivity contribution in [3.63, 3.8) is 0 Å². The molecule has 2 rings (SSSR count). The Balaban J connectivity index is 1.75. The normalized spacial score (nSPS) is 27.7. The van der Waals surface area contributed by atoms with Crippen LogP contribution in [0.3, 0.4) is 0 Å². The van der Waals surface area contributed by atoms with Crippen LogP contribution in [0.15, 0.2) is 0 Å². The maximum absolute atomic E-state index is 11.5. The zero-order chi connectivity index (χ0) is 10.7. The summed E-state index contributed by atoms with van der Waals surface area (Å²) in [5, 5.41) is 3.39. The quantitative estimate of drug-likeness (QED) is 0.721. The first-order valence-electron chi connectivity index (χ1n) is 5.70. The Labute approximate surface area is 95.3 Å². The van der Waals surface area contributed by atoms with E-state index >= 15 is 0 Å². The van der Waals surface area contributed by atoms with Crippen molar-refractivity contribution in [2.75, 3.05) is 25.2 Å². The monoisotopic (exact) mass is 229 g/mol. The van der Waals surface area contributed by atoms with Crippen LogP contribution < -0.4 is 5.32 Å². The Morgan fingerprint density at radius 1 is 1.53 bits per heavy atom. The zero-order valence-electron chi connectivity index (χ0n) is 9.20. The van der Waals surface area contributed by atoms with Crippen LogP contribution in [0.4, 0.5) is 0 Å². The largest absolute Gasteiger partial charge is 0.468 e. The highest BCUT2D eigenvalue weighted by molar-refractivity contribution is 7.99. The van der Waals surface area contributed by atoms with Gasteiger partial charge in [-0.15, -0.1) is 0 Å². The Kier molecular flexibility index (Phi) is 3.92. The maximum atomic E-state index is 11.5. The highest BCUT2D eigenvalue weighted by atomic mass is 32.2. The molecule has 1 N–H and O–H groups in total. The highest BCUT2D eigenvalue weighted by Gasteiger charge is 2.37. The topological polar surface area (TPSA) is 38.3 Å². The molecule has 1 aliphatic heterocycles. The van der Waals surface area contributed by atoms with Crippen molar-refractivity contribution >= 4 is 17.7 Å². The molecule has 0 bridgehead atoms. The average molecular weight is 229 g/mol. The molecule has 1 heterocycles. The molecule has 0 radical (unpaired) electrons. The second kappa shape index (κ2) is 5.21. The predicted molar refractivity (Wildman–Crippen MR) is 62.0 cm³/mol. The lowest BCUT2D eigenvalue weighted by molar-refractivity contribution is -0.143. The van der Waals surface area contributed by atoms with Crippen LogP contribution in [-0.4, -0.2) is 37.2 Å². The van der Waals surface area contributed by atoms with E-state index in [1.54, 1.807) is 0 Å². The van der Waals surface area contributed by atoms with Crippen molar-refractivity contribution in [1.82, 2.24) is 5.32 Å². The third-order valence-electron chi connectivity index (χ3n) is 3.20. The van der Waals surface area contributed by atoms with E-state index in [0.717, 1.165) is 12.5 Å². The standard InChI is InChI=1S/C11H19NO2S/c1-14-11(13)10(9-2-3-9)12-6-8-4-5-15-7-8/h8-10,12H,2-7H2,1H3. The van der Waals surface area contributed by atoms with Gasteiger partial charge in [0.2, 0.25) is 0 Å². The van der Waals surface area contributed by atoms with Gasteiger partial charge in [0.15, 0.2) is 0 Å². The maximum Gasteiger partial charge on any atom is 0.323 e. The van der Waals surface area contributed by atoms with Gasteiger partial charge in [-0.1, -0.05) is 0 Å². The highest BCUT2D eigenvalue weighted by Crippen LogP contribution is 2.33. The van der Waals surface area contributed by atoms with Gasteiger partial charge in [0, 0.05) is 0 Å². The molecule has 2 fully saturated rings. The van der Waals surface area contributed by atoms with Crippen molar-refractivity contribution in [2.24, 2.45) is 11.8 Å². The number of hydrogen-bond donors (Lipinski definition) is 1. The van der Waals surface area contributed by atoms with E-state index in [4.69, 9.17) is 4.74 Å². The fourth-order valence-electron chi connectivity index (χ4n) is 2.04. The van der Waals surface area contributed by atoms with Crippen molar-refractivity contribution in [3.05, 3.63) is 0 Å². The Hall–Kier alpha value is -0.220. The number of rotatable bonds is 5. The van der Waals surface area contributed by atoms with E-state index in [1.807, 2.05) is 11.8 Å². The van der Waals surface area contributed by atoms with Crippen molar-refractivity contribution in [3.8, 4) is 0 Å². The minimum absolute atomic E-state index is 0.0411. The smallest absolute Gasteiger partial charge is 0.323 e. The molecule has 3 nitrogen and oxygen atoms in total. The molecule has 2 unspecified atom stereocenters. The minimum Gasteiger partial charge on any atom is -0.468 e. The van der Waals surface area contributed by atoms with Gasteiger partial charge in [-0.25, -0.2) is 0 Å². The number of carbonyl (C=O) groups is 1. The van der Waals surface area contributed by atoms with Crippen LogP contribution in [0.1, 0.15) is 19.3 Å². The molecule has 0 aromatic carbocycles. The summed E-state index contributed by atoms with van der Waals surface area (Å²) in [6, 6.07) is -0.0411. The molecule has 1 saturated carbocycles. The molecule has 2 aliphatic rings. The van der Waals surface area contributed by atoms with Crippen LogP contribution >= 0.6 is 11.8 Å². The summed E-state index contributed by atoms with van der Waals surface area (Å²) in [4.78, 5) is 11.5. The van der Waals surface area contributed by atoms with Crippen molar-refractivity contribution < 1.29 is 9.53 Å². The van der Waals surface area contributed by atoms with Gasteiger partial charge < -0.3 is 10.1 Å². The van der Waals surface area contributed by atoms with Crippen molar-refractivity contribution in [1.29, 1.82) is 0 Å². The summed E-state index contributed by atoms with van der Waals surface area (Å²) in [6.07, 6.45) is 3.63. The number of methoxy groups -OCH3 is 1. The molecule has 1 saturated heterocycles. The van der Waals surface area contributed by atoms with Crippen LogP contribution in [-0.2, 0) is 9.53 Å². The summed E-state index contributed by atoms with van der Waals surface area (Å²) in [6.45, 7) is 0.975. The number of nitrogens with one attached hydrogen (secondary N) is 1. The van der Waals surface area contributed by atoms with E-state index in [9.17, 15) is 4.79 Å². The second-order valence-electron chi connectivity index (χ2n) is 4.48. The number of esters is 1. The fraction of sp³-hybridized carbons (Fsp3) is 0.909. The summed E-state index contributed by atoms with van der Waals surface area (Å²) in [5.74, 6) is 3.72. The zero-order valence-corrected chi connectivity index (χ0v) is 10.0. The summed E-state index contributed by atoms with van der Waals surface area (Å²) >= 11 is 2.02. The molecule has 4 heteroatoms. The van der Waals surface area contributed by atoms with Gasteiger partial charge in [0.05, 0.1) is 7.11 Å². The Bertz CT molecular complexity index is 225. The first-order chi connectivity index (χ1) is 7.31. The van der Waals surface area contributed by atoms with E-state index in [-0.39, 0.29) is 12.0 Å². The summed E-state index contributed by atoms with van der Waals surface area (Å²) in [7, 11) is 1.48. The molecule has 15 heavy (non-hydrogen) atoms. The van der Waals surface area contributed by atoms with Gasteiger partial charge in [-0.05, 0) is 49.1 Å². The molecule has 2 atom stereocenters. The van der Waals surface area contributed by atoms with Gasteiger partial charge in [-0.2, -0.15) is 11.8 Å². The van der Waals surface area contributed by atoms with Gasteiger partial charge >= 0.3 is 5.97 Å². The minimum atomic E-state index is -0.0804. The van der Waals surface area contributed by atoms with Gasteiger partial charge in [0.25, 0.3) is 0 Å². The van der Waals surface area contributed by atoms with Crippen LogP contribution in [0.2, 0.25) is 0 Å². The molecule has 0 spiro atoms. The van der Waals surface area contributed by atoms with E-state index in [0.29, 0.717) is 5.92 Å². The fourth-order valence-corrected chi connectivity index (χ4v) is 3.32. The molecular formula is C11H19NO2S. The SMILES string of the molecule is COC(=O)C(NCC1CCSC1)C1CC1. The number of ether oxygens (including phenoxy) is 1. The van der Waals surface area contributed by atoms with E-state index in [2.05, 4.69) is 5.32 Å². The molecule has 0 aromatic heterocycles. The van der Waals surface area contributed by atoms with E-state index in [1.165, 1.54) is 37.9 Å². The Morgan fingerprint density at radius 3 is 2.87 bits per heavy atom. The third-order valence-corrected chi connectivity index (χ3v) is 4.43. The Morgan fingerprint density at radius 2 is 2.33 bits per heavy atom. The van der Waals surface area contributed by atoms with Crippen LogP contribution in [0, 0.1) is 11.8 Å². The predicted octanol–water partition coefficient (Wildman–Crippen LogP) is 1.28. The summed E-state index contributed by atoms with van der Waals surface area (Å²) < 4.78 is 4.82. The van der Waals surface area contributed by atoms with Crippen molar-refractivity contribution in [2.45, 2.75) is 25.3 Å². The van der Waals surface area contributed by atoms with E-state index < -0.39 is 0 Å². The lowest BCUT2D eigenvalue weighted by Crippen LogP contribution is -2.41. The lowest BCUT2D eigenvalue weighted by atomic mass is 10.1. The number of thioether (sulfide) groups is 1. The average Bonchev–Trinajstić information content (AvgIpc) is 2.95. The van der Waals surface area contributed by atoms with Gasteiger partial charge in [-0.3, -0.25) is 4.79 Å². The first kappa shape index (κ1) is 11.3. The third kappa shape index (κ3) is 3.11. The second-order valence-corrected chi connectivity index (χ2v) is 5.63. The number of hydrogen-bond acceptors (Lipinski definition) is 4.